The molecule has 4 heteroatoms. The quantitative estimate of drug-likeness (QED) is 0.845. The van der Waals surface area contributed by atoms with Crippen molar-refractivity contribution in [2.45, 2.75) is 32.5 Å². The zero-order valence-electron chi connectivity index (χ0n) is 13.2. The van der Waals surface area contributed by atoms with Crippen LogP contribution in [-0.2, 0) is 4.74 Å². The van der Waals surface area contributed by atoms with Gasteiger partial charge in [-0.25, -0.2) is 4.79 Å². The maximum Gasteiger partial charge on any atom is 0.410 e. The Bertz CT molecular complexity index is 679. The lowest BCUT2D eigenvalue weighted by atomic mass is 10.1. The number of benzene rings is 2. The van der Waals surface area contributed by atoms with E-state index < -0.39 is 5.60 Å². The van der Waals surface area contributed by atoms with Crippen molar-refractivity contribution in [3.63, 3.8) is 0 Å². The summed E-state index contributed by atoms with van der Waals surface area (Å²) in [5.41, 5.74) is -0.460. The predicted octanol–water partition coefficient (Wildman–Crippen LogP) is 3.84. The number of rotatable bonds is 2. The normalized spacial score (nSPS) is 15.5. The summed E-state index contributed by atoms with van der Waals surface area (Å²) in [6.45, 7) is 6.74. The molecular weight excluding hydrogens is 278 g/mol. The van der Waals surface area contributed by atoms with Crippen LogP contribution in [0.2, 0.25) is 0 Å². The second-order valence-corrected chi connectivity index (χ2v) is 6.60. The molecule has 0 unspecified atom stereocenters. The van der Waals surface area contributed by atoms with Crippen molar-refractivity contribution < 1.29 is 14.3 Å². The Balaban J connectivity index is 1.61. The van der Waals surface area contributed by atoms with Crippen LogP contribution in [0.3, 0.4) is 0 Å². The molecule has 0 spiro atoms. The number of fused-ring (bicyclic) bond motifs is 1. The number of hydrogen-bond donors (Lipinski definition) is 0. The van der Waals surface area contributed by atoms with Gasteiger partial charge < -0.3 is 14.4 Å². The molecule has 1 aliphatic heterocycles. The van der Waals surface area contributed by atoms with Crippen molar-refractivity contribution in [1.29, 1.82) is 0 Å². The summed E-state index contributed by atoms with van der Waals surface area (Å²) < 4.78 is 11.4. The van der Waals surface area contributed by atoms with Gasteiger partial charge in [-0.2, -0.15) is 0 Å². The second kappa shape index (κ2) is 5.52. The van der Waals surface area contributed by atoms with Gasteiger partial charge >= 0.3 is 6.09 Å². The molecular formula is C18H21NO3. The van der Waals surface area contributed by atoms with E-state index in [1.165, 1.54) is 0 Å². The molecule has 1 fully saturated rings. The third-order valence-corrected chi connectivity index (χ3v) is 3.54. The van der Waals surface area contributed by atoms with Crippen LogP contribution in [0.25, 0.3) is 10.8 Å². The molecule has 0 aromatic heterocycles. The average molecular weight is 299 g/mol. The minimum absolute atomic E-state index is 0.0262. The molecule has 0 aliphatic carbocycles. The fourth-order valence-electron chi connectivity index (χ4n) is 2.47. The first-order chi connectivity index (χ1) is 10.4. The van der Waals surface area contributed by atoms with E-state index in [0.29, 0.717) is 13.1 Å². The molecule has 0 bridgehead atoms. The first-order valence-corrected chi connectivity index (χ1v) is 7.55. The van der Waals surface area contributed by atoms with E-state index in [2.05, 4.69) is 18.2 Å². The van der Waals surface area contributed by atoms with Crippen LogP contribution in [0.15, 0.2) is 42.5 Å². The van der Waals surface area contributed by atoms with E-state index in [4.69, 9.17) is 9.47 Å². The van der Waals surface area contributed by atoms with E-state index in [0.717, 1.165) is 16.5 Å². The van der Waals surface area contributed by atoms with Crippen LogP contribution < -0.4 is 4.74 Å². The summed E-state index contributed by atoms with van der Waals surface area (Å²) in [4.78, 5) is 13.6. The van der Waals surface area contributed by atoms with Gasteiger partial charge in [0.15, 0.2) is 0 Å². The van der Waals surface area contributed by atoms with E-state index in [9.17, 15) is 4.79 Å². The molecule has 0 saturated carbocycles. The number of carbonyl (C=O) groups excluding carboxylic acids is 1. The van der Waals surface area contributed by atoms with Gasteiger partial charge in [-0.1, -0.05) is 36.4 Å². The largest absolute Gasteiger partial charge is 0.486 e. The first kappa shape index (κ1) is 14.7. The monoisotopic (exact) mass is 299 g/mol. The van der Waals surface area contributed by atoms with E-state index in [-0.39, 0.29) is 12.2 Å². The molecule has 2 aromatic rings. The Morgan fingerprint density at radius 3 is 2.50 bits per heavy atom. The number of nitrogens with zero attached hydrogens (tertiary/aromatic N) is 1. The molecule has 1 heterocycles. The second-order valence-electron chi connectivity index (χ2n) is 6.60. The van der Waals surface area contributed by atoms with E-state index in [1.807, 2.05) is 45.0 Å². The minimum Gasteiger partial charge on any atom is -0.486 e. The van der Waals surface area contributed by atoms with E-state index >= 15 is 0 Å². The van der Waals surface area contributed by atoms with Gasteiger partial charge in [0.05, 0.1) is 13.1 Å². The number of ether oxygens (including phenoxy) is 2. The van der Waals surface area contributed by atoms with Crippen molar-refractivity contribution in [1.82, 2.24) is 4.90 Å². The van der Waals surface area contributed by atoms with Crippen LogP contribution in [0, 0.1) is 0 Å². The molecule has 0 N–H and O–H groups in total. The molecule has 116 valence electrons. The lowest BCUT2D eigenvalue weighted by molar-refractivity contribution is -0.0217. The maximum absolute atomic E-state index is 11.9. The van der Waals surface area contributed by atoms with Gasteiger partial charge in [0.1, 0.15) is 17.5 Å². The molecule has 22 heavy (non-hydrogen) atoms. The molecule has 0 radical (unpaired) electrons. The first-order valence-electron chi connectivity index (χ1n) is 7.55. The average Bonchev–Trinajstić information content (AvgIpc) is 2.40. The lowest BCUT2D eigenvalue weighted by Gasteiger charge is -2.39. The van der Waals surface area contributed by atoms with Gasteiger partial charge in [-0.15, -0.1) is 0 Å². The Hall–Kier alpha value is -2.23. The highest BCUT2D eigenvalue weighted by Gasteiger charge is 2.35. The van der Waals surface area contributed by atoms with Crippen molar-refractivity contribution in [3.8, 4) is 5.75 Å². The SMILES string of the molecule is CC(C)(C)OC(=O)N1CC(Oc2cccc3ccccc23)C1. The molecule has 0 atom stereocenters. The smallest absolute Gasteiger partial charge is 0.410 e. The summed E-state index contributed by atoms with van der Waals surface area (Å²) in [7, 11) is 0. The van der Waals surface area contributed by atoms with Crippen molar-refractivity contribution >= 4 is 16.9 Å². The van der Waals surface area contributed by atoms with Crippen molar-refractivity contribution in [2.24, 2.45) is 0 Å². The fraction of sp³-hybridized carbons (Fsp3) is 0.389. The Kier molecular flexibility index (Phi) is 3.69. The molecule has 4 nitrogen and oxygen atoms in total. The van der Waals surface area contributed by atoms with Crippen LogP contribution in [0.1, 0.15) is 20.8 Å². The lowest BCUT2D eigenvalue weighted by Crippen LogP contribution is -2.57. The zero-order valence-corrected chi connectivity index (χ0v) is 13.2. The topological polar surface area (TPSA) is 38.8 Å². The van der Waals surface area contributed by atoms with Gasteiger partial charge in [-0.3, -0.25) is 0 Å². The maximum atomic E-state index is 11.9. The van der Waals surface area contributed by atoms with Gasteiger partial charge in [0.2, 0.25) is 0 Å². The molecule has 1 aliphatic rings. The highest BCUT2D eigenvalue weighted by Crippen LogP contribution is 2.28. The molecule has 1 amide bonds. The van der Waals surface area contributed by atoms with Crippen LogP contribution in [0.4, 0.5) is 4.79 Å². The summed E-state index contributed by atoms with van der Waals surface area (Å²) >= 11 is 0. The standard InChI is InChI=1S/C18H21NO3/c1-18(2,3)22-17(20)19-11-14(12-19)21-16-10-6-8-13-7-4-5-9-15(13)16/h4-10,14H,11-12H2,1-3H3. The molecule has 1 saturated heterocycles. The number of amides is 1. The zero-order chi connectivity index (χ0) is 15.7. The third kappa shape index (κ3) is 3.16. The summed E-state index contributed by atoms with van der Waals surface area (Å²) in [6, 6.07) is 14.2. The highest BCUT2D eigenvalue weighted by molar-refractivity contribution is 5.88. The van der Waals surface area contributed by atoms with Crippen molar-refractivity contribution in [2.75, 3.05) is 13.1 Å². The van der Waals surface area contributed by atoms with Crippen molar-refractivity contribution in [3.05, 3.63) is 42.5 Å². The Morgan fingerprint density at radius 2 is 1.77 bits per heavy atom. The predicted molar refractivity (Wildman–Crippen MR) is 86.2 cm³/mol. The summed E-state index contributed by atoms with van der Waals surface area (Å²) in [6.07, 6.45) is -0.247. The van der Waals surface area contributed by atoms with Crippen LogP contribution in [-0.4, -0.2) is 35.8 Å². The fourth-order valence-corrected chi connectivity index (χ4v) is 2.47. The summed E-state index contributed by atoms with van der Waals surface area (Å²) in [5.74, 6) is 0.868. The Morgan fingerprint density at radius 1 is 1.09 bits per heavy atom. The van der Waals surface area contributed by atoms with Crippen LogP contribution in [0.5, 0.6) is 5.75 Å². The minimum atomic E-state index is -0.460. The van der Waals surface area contributed by atoms with Gasteiger partial charge in [0, 0.05) is 5.39 Å². The van der Waals surface area contributed by atoms with Crippen LogP contribution >= 0.6 is 0 Å². The van der Waals surface area contributed by atoms with E-state index in [1.54, 1.807) is 4.90 Å². The molecule has 2 aromatic carbocycles. The Labute approximate surface area is 130 Å². The number of carbonyl (C=O) groups is 1. The van der Waals surface area contributed by atoms with Gasteiger partial charge in [0.25, 0.3) is 0 Å². The number of likely N-dealkylation sites (tertiary alicyclic amines) is 1. The van der Waals surface area contributed by atoms with Gasteiger partial charge in [-0.05, 0) is 32.2 Å². The number of hydrogen-bond acceptors (Lipinski definition) is 3. The summed E-state index contributed by atoms with van der Waals surface area (Å²) in [5, 5.41) is 2.25. The highest BCUT2D eigenvalue weighted by atomic mass is 16.6. The molecule has 3 rings (SSSR count). The third-order valence-electron chi connectivity index (χ3n) is 3.54.